The fourth-order valence-electron chi connectivity index (χ4n) is 5.36. The van der Waals surface area contributed by atoms with E-state index in [1.165, 1.54) is 0 Å². The van der Waals surface area contributed by atoms with Crippen LogP contribution in [0.3, 0.4) is 0 Å². The molecule has 1 aliphatic carbocycles. The summed E-state index contributed by atoms with van der Waals surface area (Å²) in [5.41, 5.74) is 2.19. The van der Waals surface area contributed by atoms with Crippen molar-refractivity contribution in [3.8, 4) is 0 Å². The molecule has 0 bridgehead atoms. The van der Waals surface area contributed by atoms with Crippen molar-refractivity contribution in [2.24, 2.45) is 11.8 Å². The number of anilines is 2. The average molecular weight is 492 g/mol. The molecular formula is C29H37N3O4. The monoisotopic (exact) mass is 491 g/mol. The Kier molecular flexibility index (Phi) is 7.67. The molecule has 2 aliphatic rings. The molecule has 2 fully saturated rings. The Bertz CT molecular complexity index is 1060. The van der Waals surface area contributed by atoms with E-state index in [9.17, 15) is 19.5 Å². The summed E-state index contributed by atoms with van der Waals surface area (Å²) in [5, 5.41) is 9.19. The third-order valence-electron chi connectivity index (χ3n) is 7.38. The predicted molar refractivity (Wildman–Crippen MR) is 141 cm³/mol. The van der Waals surface area contributed by atoms with Crippen molar-refractivity contribution in [3.63, 3.8) is 0 Å². The average Bonchev–Trinajstić information content (AvgIpc) is 2.88. The molecule has 4 rings (SSSR count). The van der Waals surface area contributed by atoms with Crippen LogP contribution in [0.1, 0.15) is 56.8 Å². The van der Waals surface area contributed by atoms with Crippen LogP contribution < -0.4 is 9.80 Å². The van der Waals surface area contributed by atoms with E-state index in [0.29, 0.717) is 44.3 Å². The number of benzene rings is 2. The number of carboxylic acid groups (broad SMARTS) is 1. The number of hydrogen-bond donors (Lipinski definition) is 1. The number of aliphatic carboxylic acids is 1. The van der Waals surface area contributed by atoms with Gasteiger partial charge in [0.15, 0.2) is 0 Å². The largest absolute Gasteiger partial charge is 0.481 e. The zero-order chi connectivity index (χ0) is 25.9. The van der Waals surface area contributed by atoms with Gasteiger partial charge in [0.2, 0.25) is 5.91 Å². The number of hydrogen-bond acceptors (Lipinski definition) is 4. The molecule has 1 heterocycles. The number of piperazine rings is 1. The number of carbonyl (C=O) groups is 3. The second-order valence-electron chi connectivity index (χ2n) is 10.9. The summed E-state index contributed by atoms with van der Waals surface area (Å²) in [7, 11) is 0. The van der Waals surface area contributed by atoms with Crippen LogP contribution in [0.15, 0.2) is 54.6 Å². The van der Waals surface area contributed by atoms with Gasteiger partial charge >= 0.3 is 5.97 Å². The first kappa shape index (κ1) is 25.7. The highest BCUT2D eigenvalue weighted by molar-refractivity contribution is 6.07. The quantitative estimate of drug-likeness (QED) is 0.657. The molecule has 0 aromatic heterocycles. The van der Waals surface area contributed by atoms with Crippen LogP contribution in [-0.4, -0.2) is 59.5 Å². The van der Waals surface area contributed by atoms with Gasteiger partial charge in [-0.25, -0.2) is 0 Å². The van der Waals surface area contributed by atoms with Crippen molar-refractivity contribution in [1.82, 2.24) is 4.90 Å². The molecule has 7 heteroatoms. The minimum absolute atomic E-state index is 0.0340. The van der Waals surface area contributed by atoms with Crippen LogP contribution in [0.5, 0.6) is 0 Å². The first-order chi connectivity index (χ1) is 17.1. The normalized spacial score (nSPS) is 20.6. The Hall–Kier alpha value is -3.35. The molecule has 36 heavy (non-hydrogen) atoms. The number of carboxylic acids is 1. The topological polar surface area (TPSA) is 81.2 Å². The van der Waals surface area contributed by atoms with Gasteiger partial charge in [0, 0.05) is 54.6 Å². The Morgan fingerprint density at radius 3 is 1.89 bits per heavy atom. The Balaban J connectivity index is 1.35. The van der Waals surface area contributed by atoms with E-state index in [2.05, 4.69) is 4.90 Å². The lowest BCUT2D eigenvalue weighted by atomic mass is 9.81. The summed E-state index contributed by atoms with van der Waals surface area (Å²) in [5.74, 6) is -0.957. The van der Waals surface area contributed by atoms with Crippen LogP contribution in [0.2, 0.25) is 0 Å². The molecule has 0 radical (unpaired) electrons. The van der Waals surface area contributed by atoms with Gasteiger partial charge in [-0.2, -0.15) is 0 Å². The van der Waals surface area contributed by atoms with Crippen molar-refractivity contribution in [2.45, 2.75) is 52.0 Å². The third-order valence-corrected chi connectivity index (χ3v) is 7.38. The zero-order valence-electron chi connectivity index (χ0n) is 21.5. The first-order valence-electron chi connectivity index (χ1n) is 12.9. The standard InChI is InChI=1S/C29H37N3O4/c1-29(2,3)32(25-7-5-4-6-8-25)27(34)22-13-15-24(16-14-22)30-17-19-31(20-18-30)26(33)21-9-11-23(12-10-21)28(35)36/h4-8,13-16,21,23H,9-12,17-20H2,1-3H3,(H,35,36). The van der Waals surface area contributed by atoms with E-state index in [4.69, 9.17) is 0 Å². The van der Waals surface area contributed by atoms with Gasteiger partial charge in [0.05, 0.1) is 5.92 Å². The maximum atomic E-state index is 13.4. The molecule has 0 unspecified atom stereocenters. The Labute approximate surface area is 213 Å². The van der Waals surface area contributed by atoms with Crippen LogP contribution in [0, 0.1) is 11.8 Å². The molecular weight excluding hydrogens is 454 g/mol. The molecule has 0 spiro atoms. The van der Waals surface area contributed by atoms with Gasteiger partial charge in [-0.05, 0) is 82.9 Å². The van der Waals surface area contributed by atoms with Crippen molar-refractivity contribution in [2.75, 3.05) is 36.0 Å². The van der Waals surface area contributed by atoms with Crippen LogP contribution in [-0.2, 0) is 9.59 Å². The second kappa shape index (κ2) is 10.7. The maximum absolute atomic E-state index is 13.4. The molecule has 1 saturated carbocycles. The summed E-state index contributed by atoms with van der Waals surface area (Å²) in [6.45, 7) is 8.89. The smallest absolute Gasteiger partial charge is 0.306 e. The molecule has 192 valence electrons. The summed E-state index contributed by atoms with van der Waals surface area (Å²) >= 11 is 0. The highest BCUT2D eigenvalue weighted by Crippen LogP contribution is 2.31. The minimum Gasteiger partial charge on any atom is -0.481 e. The van der Waals surface area contributed by atoms with E-state index in [1.54, 1.807) is 0 Å². The molecule has 7 nitrogen and oxygen atoms in total. The van der Waals surface area contributed by atoms with E-state index in [0.717, 1.165) is 24.5 Å². The molecule has 1 saturated heterocycles. The second-order valence-corrected chi connectivity index (χ2v) is 10.9. The Morgan fingerprint density at radius 2 is 1.36 bits per heavy atom. The molecule has 1 N–H and O–H groups in total. The number of para-hydroxylation sites is 1. The van der Waals surface area contributed by atoms with Gasteiger partial charge in [-0.15, -0.1) is 0 Å². The van der Waals surface area contributed by atoms with Crippen molar-refractivity contribution < 1.29 is 19.5 Å². The fraction of sp³-hybridized carbons (Fsp3) is 0.483. The molecule has 2 aromatic carbocycles. The third kappa shape index (κ3) is 5.72. The number of amides is 2. The molecule has 2 aromatic rings. The summed E-state index contributed by atoms with van der Waals surface area (Å²) in [4.78, 5) is 43.6. The molecule has 2 amide bonds. The highest BCUT2D eigenvalue weighted by atomic mass is 16.4. The number of rotatable bonds is 5. The van der Waals surface area contributed by atoms with Crippen LogP contribution >= 0.6 is 0 Å². The van der Waals surface area contributed by atoms with Crippen LogP contribution in [0.25, 0.3) is 0 Å². The lowest BCUT2D eigenvalue weighted by Gasteiger charge is -2.38. The van der Waals surface area contributed by atoms with E-state index in [-0.39, 0.29) is 29.2 Å². The van der Waals surface area contributed by atoms with Gasteiger partial charge < -0.3 is 19.8 Å². The van der Waals surface area contributed by atoms with Gasteiger partial charge in [0.1, 0.15) is 0 Å². The van der Waals surface area contributed by atoms with Gasteiger partial charge in [-0.3, -0.25) is 14.4 Å². The zero-order valence-corrected chi connectivity index (χ0v) is 21.5. The van der Waals surface area contributed by atoms with Crippen molar-refractivity contribution in [3.05, 3.63) is 60.2 Å². The lowest BCUT2D eigenvalue weighted by molar-refractivity contribution is -0.145. The first-order valence-corrected chi connectivity index (χ1v) is 12.9. The number of nitrogens with zero attached hydrogens (tertiary/aromatic N) is 3. The van der Waals surface area contributed by atoms with E-state index in [1.807, 2.05) is 85.2 Å². The fourth-order valence-corrected chi connectivity index (χ4v) is 5.36. The predicted octanol–water partition coefficient (Wildman–Crippen LogP) is 4.67. The summed E-state index contributed by atoms with van der Waals surface area (Å²) in [6.07, 6.45) is 2.52. The van der Waals surface area contributed by atoms with Crippen molar-refractivity contribution in [1.29, 1.82) is 0 Å². The Morgan fingerprint density at radius 1 is 0.806 bits per heavy atom. The SMILES string of the molecule is CC(C)(C)N(C(=O)c1ccc(N2CCN(C(=O)C3CCC(C(=O)O)CC3)CC2)cc1)c1ccccc1. The van der Waals surface area contributed by atoms with Gasteiger partial charge in [-0.1, -0.05) is 18.2 Å². The summed E-state index contributed by atoms with van der Waals surface area (Å²) < 4.78 is 0. The number of carbonyl (C=O) groups excluding carboxylic acids is 2. The summed E-state index contributed by atoms with van der Waals surface area (Å²) in [6, 6.07) is 17.5. The highest BCUT2D eigenvalue weighted by Gasteiger charge is 2.33. The molecule has 0 atom stereocenters. The van der Waals surface area contributed by atoms with E-state index < -0.39 is 5.97 Å². The van der Waals surface area contributed by atoms with Crippen LogP contribution in [0.4, 0.5) is 11.4 Å². The van der Waals surface area contributed by atoms with Crippen molar-refractivity contribution >= 4 is 29.2 Å². The minimum atomic E-state index is -0.742. The lowest BCUT2D eigenvalue weighted by Crippen LogP contribution is -2.50. The van der Waals surface area contributed by atoms with E-state index >= 15 is 0 Å². The van der Waals surface area contributed by atoms with Gasteiger partial charge in [0.25, 0.3) is 5.91 Å². The molecule has 1 aliphatic heterocycles. The maximum Gasteiger partial charge on any atom is 0.306 e.